The summed E-state index contributed by atoms with van der Waals surface area (Å²) >= 11 is 0. The molecule has 17 heavy (non-hydrogen) atoms. The van der Waals surface area contributed by atoms with Crippen LogP contribution < -0.4 is 10.5 Å². The lowest BCUT2D eigenvalue weighted by Crippen LogP contribution is -2.15. The number of hydrogen-bond donors (Lipinski definition) is 2. The normalized spacial score (nSPS) is 11.8. The van der Waals surface area contributed by atoms with Crippen LogP contribution in [0.5, 0.6) is 5.75 Å². The summed E-state index contributed by atoms with van der Waals surface area (Å²) in [6.07, 6.45) is 1.72. The maximum Gasteiger partial charge on any atom is 0.188 e. The third-order valence-corrected chi connectivity index (χ3v) is 1.90. The van der Waals surface area contributed by atoms with E-state index in [1.54, 1.807) is 12.1 Å². The fourth-order valence-electron chi connectivity index (χ4n) is 1.14. The van der Waals surface area contributed by atoms with Gasteiger partial charge in [-0.25, -0.2) is 0 Å². The number of rotatable bonds is 6. The van der Waals surface area contributed by atoms with Crippen LogP contribution in [0.15, 0.2) is 23.5 Å². The van der Waals surface area contributed by atoms with Crippen molar-refractivity contribution in [1.29, 1.82) is 0 Å². The average molecular weight is 239 g/mol. The summed E-state index contributed by atoms with van der Waals surface area (Å²) in [7, 11) is 0. The Kier molecular flexibility index (Phi) is 5.22. The van der Waals surface area contributed by atoms with Crippen LogP contribution >= 0.6 is 0 Å². The van der Waals surface area contributed by atoms with Gasteiger partial charge in [0, 0.05) is 12.3 Å². The van der Waals surface area contributed by atoms with Crippen LogP contribution in [0.2, 0.25) is 0 Å². The Bertz CT molecular complexity index is 380. The highest BCUT2D eigenvalue weighted by atomic mass is 16.5. The van der Waals surface area contributed by atoms with Crippen molar-refractivity contribution in [2.75, 3.05) is 13.2 Å². The molecular weight excluding hydrogens is 222 g/mol. The molecule has 3 N–H and O–H groups in total. The van der Waals surface area contributed by atoms with Gasteiger partial charge in [-0.3, -0.25) is 4.98 Å². The van der Waals surface area contributed by atoms with Crippen LogP contribution in [0.4, 0.5) is 0 Å². The van der Waals surface area contributed by atoms with Crippen LogP contribution in [0, 0.1) is 0 Å². The maximum atomic E-state index is 8.52. The highest BCUT2D eigenvalue weighted by molar-refractivity contribution is 5.95. The van der Waals surface area contributed by atoms with E-state index >= 15 is 0 Å². The van der Waals surface area contributed by atoms with Gasteiger partial charge in [-0.15, -0.1) is 0 Å². The van der Waals surface area contributed by atoms with Crippen LogP contribution in [-0.2, 0) is 4.74 Å². The molecule has 0 aliphatic carbocycles. The van der Waals surface area contributed by atoms with Crippen molar-refractivity contribution in [3.63, 3.8) is 0 Å². The lowest BCUT2D eigenvalue weighted by molar-refractivity contribution is 0.0552. The second kappa shape index (κ2) is 6.70. The number of nitrogens with zero attached hydrogens (tertiary/aromatic N) is 2. The van der Waals surface area contributed by atoms with E-state index in [9.17, 15) is 0 Å². The molecule has 0 bridgehead atoms. The standard InChI is InChI=1S/C11H17N3O3/c1-8(2)16-5-6-17-9-3-4-13-10(7-9)11(12)14-15/h3-4,7-8,15H,5-6H2,1-2H3,(H2,12,14). The molecule has 1 aromatic rings. The summed E-state index contributed by atoms with van der Waals surface area (Å²) < 4.78 is 10.8. The smallest absolute Gasteiger partial charge is 0.188 e. The first-order valence-corrected chi connectivity index (χ1v) is 5.32. The Hall–Kier alpha value is -1.82. The average Bonchev–Trinajstić information content (AvgIpc) is 2.34. The molecule has 0 atom stereocenters. The molecule has 0 saturated heterocycles. The van der Waals surface area contributed by atoms with E-state index in [1.807, 2.05) is 13.8 Å². The predicted molar refractivity (Wildman–Crippen MR) is 63.3 cm³/mol. The van der Waals surface area contributed by atoms with Crippen molar-refractivity contribution in [2.45, 2.75) is 20.0 Å². The first kappa shape index (κ1) is 13.2. The van der Waals surface area contributed by atoms with Gasteiger partial charge >= 0.3 is 0 Å². The molecule has 0 aromatic carbocycles. The van der Waals surface area contributed by atoms with E-state index in [-0.39, 0.29) is 11.9 Å². The molecule has 0 amide bonds. The molecule has 0 aliphatic heterocycles. The summed E-state index contributed by atoms with van der Waals surface area (Å²) in [5, 5.41) is 11.4. The molecule has 0 spiro atoms. The van der Waals surface area contributed by atoms with Crippen molar-refractivity contribution in [3.8, 4) is 5.75 Å². The molecule has 0 aliphatic rings. The number of hydrogen-bond acceptors (Lipinski definition) is 5. The minimum absolute atomic E-state index is 0.0473. The van der Waals surface area contributed by atoms with Gasteiger partial charge in [-0.05, 0) is 19.9 Å². The third kappa shape index (κ3) is 4.69. The van der Waals surface area contributed by atoms with Crippen LogP contribution in [0.25, 0.3) is 0 Å². The predicted octanol–water partition coefficient (Wildman–Crippen LogP) is 0.980. The third-order valence-electron chi connectivity index (χ3n) is 1.90. The van der Waals surface area contributed by atoms with E-state index in [1.165, 1.54) is 6.20 Å². The molecule has 0 saturated carbocycles. The molecule has 1 rings (SSSR count). The van der Waals surface area contributed by atoms with E-state index in [4.69, 9.17) is 20.4 Å². The monoisotopic (exact) mass is 239 g/mol. The molecule has 6 nitrogen and oxygen atoms in total. The molecule has 1 aromatic heterocycles. The number of aromatic nitrogens is 1. The van der Waals surface area contributed by atoms with Gasteiger partial charge in [0.2, 0.25) is 0 Å². The lowest BCUT2D eigenvalue weighted by Gasteiger charge is -2.09. The van der Waals surface area contributed by atoms with E-state index in [2.05, 4.69) is 10.1 Å². The lowest BCUT2D eigenvalue weighted by atomic mass is 10.3. The fraction of sp³-hybridized carbons (Fsp3) is 0.455. The second-order valence-electron chi connectivity index (χ2n) is 3.63. The van der Waals surface area contributed by atoms with Gasteiger partial charge in [0.25, 0.3) is 0 Å². The zero-order valence-corrected chi connectivity index (χ0v) is 9.96. The van der Waals surface area contributed by atoms with Crippen LogP contribution in [0.1, 0.15) is 19.5 Å². The topological polar surface area (TPSA) is 90.0 Å². The molecule has 0 radical (unpaired) electrons. The van der Waals surface area contributed by atoms with Crippen LogP contribution in [0.3, 0.4) is 0 Å². The van der Waals surface area contributed by atoms with E-state index in [0.717, 1.165) is 0 Å². The number of amidine groups is 1. The van der Waals surface area contributed by atoms with Gasteiger partial charge in [0.1, 0.15) is 18.1 Å². The highest BCUT2D eigenvalue weighted by Crippen LogP contribution is 2.10. The van der Waals surface area contributed by atoms with E-state index in [0.29, 0.717) is 24.7 Å². The van der Waals surface area contributed by atoms with Gasteiger partial charge in [-0.1, -0.05) is 5.16 Å². The highest BCUT2D eigenvalue weighted by Gasteiger charge is 2.03. The minimum Gasteiger partial charge on any atom is -0.491 e. The largest absolute Gasteiger partial charge is 0.491 e. The molecular formula is C11H17N3O3. The second-order valence-corrected chi connectivity index (χ2v) is 3.63. The van der Waals surface area contributed by atoms with Crippen molar-refractivity contribution in [3.05, 3.63) is 24.0 Å². The summed E-state index contributed by atoms with van der Waals surface area (Å²) in [6.45, 7) is 4.88. The zero-order chi connectivity index (χ0) is 12.7. The quantitative estimate of drug-likeness (QED) is 0.254. The molecule has 1 heterocycles. The van der Waals surface area contributed by atoms with Crippen molar-refractivity contribution >= 4 is 5.84 Å². The molecule has 0 fully saturated rings. The first-order valence-electron chi connectivity index (χ1n) is 5.32. The summed E-state index contributed by atoms with van der Waals surface area (Å²) in [5.74, 6) is 0.558. The van der Waals surface area contributed by atoms with E-state index < -0.39 is 0 Å². The van der Waals surface area contributed by atoms with Crippen LogP contribution in [-0.4, -0.2) is 35.3 Å². The van der Waals surface area contributed by atoms with Crippen molar-refractivity contribution < 1.29 is 14.7 Å². The Balaban J connectivity index is 2.49. The Morgan fingerprint density at radius 2 is 2.29 bits per heavy atom. The SMILES string of the molecule is CC(C)OCCOc1ccnc(C(N)=NO)c1. The molecule has 94 valence electrons. The number of ether oxygens (including phenoxy) is 2. The summed E-state index contributed by atoms with van der Waals surface area (Å²) in [6, 6.07) is 3.30. The van der Waals surface area contributed by atoms with Gasteiger partial charge in [0.15, 0.2) is 5.84 Å². The Labute approximate surface area is 100 Å². The van der Waals surface area contributed by atoms with Crippen molar-refractivity contribution in [2.24, 2.45) is 10.9 Å². The zero-order valence-electron chi connectivity index (χ0n) is 9.96. The fourth-order valence-corrected chi connectivity index (χ4v) is 1.14. The Morgan fingerprint density at radius 3 is 2.94 bits per heavy atom. The summed E-state index contributed by atoms with van der Waals surface area (Å²) in [4.78, 5) is 3.94. The van der Waals surface area contributed by atoms with Gasteiger partial charge in [0.05, 0.1) is 12.7 Å². The maximum absolute atomic E-state index is 8.52. The Morgan fingerprint density at radius 1 is 1.53 bits per heavy atom. The number of nitrogens with two attached hydrogens (primary N) is 1. The molecule has 6 heteroatoms. The van der Waals surface area contributed by atoms with Crippen molar-refractivity contribution in [1.82, 2.24) is 4.98 Å². The van der Waals surface area contributed by atoms with Gasteiger partial charge in [-0.2, -0.15) is 0 Å². The summed E-state index contributed by atoms with van der Waals surface area (Å²) in [5.41, 5.74) is 5.79. The number of pyridine rings is 1. The van der Waals surface area contributed by atoms with Gasteiger partial charge < -0.3 is 20.4 Å². The molecule has 0 unspecified atom stereocenters. The number of oxime groups is 1. The first-order chi connectivity index (χ1) is 8.13. The minimum atomic E-state index is -0.0473.